The van der Waals surface area contributed by atoms with Gasteiger partial charge in [-0.1, -0.05) is 6.08 Å². The minimum atomic E-state index is -1.21. The Labute approximate surface area is 74.4 Å². The third-order valence-corrected chi connectivity index (χ3v) is 2.83. The van der Waals surface area contributed by atoms with E-state index in [1.54, 1.807) is 0 Å². The van der Waals surface area contributed by atoms with E-state index < -0.39 is 18.1 Å². The van der Waals surface area contributed by atoms with Gasteiger partial charge in [0, 0.05) is 10.7 Å². The van der Waals surface area contributed by atoms with Gasteiger partial charge in [0.1, 0.15) is 12.1 Å². The molecule has 12 heavy (non-hydrogen) atoms. The van der Waals surface area contributed by atoms with Gasteiger partial charge >= 0.3 is 5.97 Å². The maximum atomic E-state index is 10.4. The van der Waals surface area contributed by atoms with E-state index in [9.17, 15) is 9.90 Å². The van der Waals surface area contributed by atoms with Crippen molar-refractivity contribution in [2.24, 2.45) is 5.73 Å². The molecule has 0 spiro atoms. The van der Waals surface area contributed by atoms with E-state index in [2.05, 4.69) is 0 Å². The quantitative estimate of drug-likeness (QED) is 0.571. The molecule has 0 amide bonds. The molecule has 4 nitrogen and oxygen atoms in total. The molecule has 0 aromatic heterocycles. The fraction of sp³-hybridized carbons (Fsp3) is 0.571. The molecule has 0 aliphatic carbocycles. The summed E-state index contributed by atoms with van der Waals surface area (Å²) in [6.07, 6.45) is 1.66. The molecule has 0 bridgehead atoms. The smallest absolute Gasteiger partial charge is 0.323 e. The number of rotatable bonds is 3. The SMILES string of the molecule is NC(C(=O)O)C(O)C1=CCCS1. The zero-order chi connectivity index (χ0) is 9.14. The first-order chi connectivity index (χ1) is 5.63. The van der Waals surface area contributed by atoms with Crippen LogP contribution in [-0.2, 0) is 4.79 Å². The van der Waals surface area contributed by atoms with Crippen molar-refractivity contribution in [1.29, 1.82) is 0 Å². The summed E-state index contributed by atoms with van der Waals surface area (Å²) in [5.74, 6) is -0.269. The van der Waals surface area contributed by atoms with Crippen molar-refractivity contribution in [3.8, 4) is 0 Å². The van der Waals surface area contributed by atoms with Crippen molar-refractivity contribution in [3.05, 3.63) is 11.0 Å². The number of hydrogen-bond donors (Lipinski definition) is 3. The molecule has 0 radical (unpaired) electrons. The Kier molecular flexibility index (Phi) is 3.13. The average molecular weight is 189 g/mol. The van der Waals surface area contributed by atoms with Crippen LogP contribution in [0.15, 0.2) is 11.0 Å². The number of nitrogens with two attached hydrogens (primary N) is 1. The summed E-state index contributed by atoms with van der Waals surface area (Å²) >= 11 is 1.46. The summed E-state index contributed by atoms with van der Waals surface area (Å²) in [7, 11) is 0. The van der Waals surface area contributed by atoms with Crippen LogP contribution in [0.2, 0.25) is 0 Å². The topological polar surface area (TPSA) is 83.6 Å². The van der Waals surface area contributed by atoms with Crippen LogP contribution in [0.25, 0.3) is 0 Å². The van der Waals surface area contributed by atoms with Gasteiger partial charge in [-0.2, -0.15) is 0 Å². The van der Waals surface area contributed by atoms with Gasteiger partial charge in [-0.15, -0.1) is 11.8 Å². The Balaban J connectivity index is 2.57. The molecule has 0 saturated heterocycles. The summed E-state index contributed by atoms with van der Waals surface area (Å²) in [4.78, 5) is 11.1. The molecule has 1 aliphatic rings. The number of carbonyl (C=O) groups is 1. The molecule has 2 unspecified atom stereocenters. The molecule has 1 rings (SSSR count). The lowest BCUT2D eigenvalue weighted by Crippen LogP contribution is -2.42. The highest BCUT2D eigenvalue weighted by Gasteiger charge is 2.26. The Bertz CT molecular complexity index is 217. The van der Waals surface area contributed by atoms with Gasteiger partial charge < -0.3 is 15.9 Å². The third kappa shape index (κ3) is 2.00. The zero-order valence-corrected chi connectivity index (χ0v) is 7.25. The monoisotopic (exact) mass is 189 g/mol. The minimum Gasteiger partial charge on any atom is -0.480 e. The maximum Gasteiger partial charge on any atom is 0.323 e. The molecular formula is C7H11NO3S. The molecule has 0 aromatic rings. The highest BCUT2D eigenvalue weighted by Crippen LogP contribution is 2.28. The number of allylic oxidation sites excluding steroid dienone is 1. The van der Waals surface area contributed by atoms with Gasteiger partial charge in [0.2, 0.25) is 0 Å². The molecule has 0 aromatic carbocycles. The van der Waals surface area contributed by atoms with Crippen molar-refractivity contribution in [1.82, 2.24) is 0 Å². The molecule has 5 heteroatoms. The van der Waals surface area contributed by atoms with Crippen molar-refractivity contribution < 1.29 is 15.0 Å². The van der Waals surface area contributed by atoms with Crippen LogP contribution in [0.5, 0.6) is 0 Å². The number of thioether (sulfide) groups is 1. The highest BCUT2D eigenvalue weighted by molar-refractivity contribution is 8.03. The van der Waals surface area contributed by atoms with Crippen LogP contribution in [0, 0.1) is 0 Å². The molecule has 68 valence electrons. The van der Waals surface area contributed by atoms with E-state index in [0.717, 1.165) is 12.2 Å². The Hall–Kier alpha value is -0.520. The fourth-order valence-corrected chi connectivity index (χ4v) is 1.98. The van der Waals surface area contributed by atoms with E-state index >= 15 is 0 Å². The van der Waals surface area contributed by atoms with E-state index in [0.29, 0.717) is 4.91 Å². The van der Waals surface area contributed by atoms with E-state index in [1.165, 1.54) is 11.8 Å². The van der Waals surface area contributed by atoms with Gasteiger partial charge in [-0.05, 0) is 6.42 Å². The molecule has 2 atom stereocenters. The van der Waals surface area contributed by atoms with Crippen LogP contribution in [0.4, 0.5) is 0 Å². The summed E-state index contributed by atoms with van der Waals surface area (Å²) in [6, 6.07) is -1.21. The largest absolute Gasteiger partial charge is 0.480 e. The number of aliphatic carboxylic acids is 1. The number of aliphatic hydroxyl groups excluding tert-OH is 1. The predicted molar refractivity (Wildman–Crippen MR) is 46.8 cm³/mol. The van der Waals surface area contributed by atoms with Gasteiger partial charge in [0.05, 0.1) is 0 Å². The second kappa shape index (κ2) is 3.93. The van der Waals surface area contributed by atoms with E-state index in [1.807, 2.05) is 6.08 Å². The predicted octanol–water partition coefficient (Wildman–Crippen LogP) is -0.220. The molecule has 0 saturated carbocycles. The number of hydrogen-bond acceptors (Lipinski definition) is 4. The highest BCUT2D eigenvalue weighted by atomic mass is 32.2. The number of aliphatic hydroxyl groups is 1. The van der Waals surface area contributed by atoms with Gasteiger partial charge in [0.25, 0.3) is 0 Å². The van der Waals surface area contributed by atoms with Crippen LogP contribution < -0.4 is 5.73 Å². The zero-order valence-electron chi connectivity index (χ0n) is 6.43. The molecule has 4 N–H and O–H groups in total. The Morgan fingerprint density at radius 3 is 2.83 bits per heavy atom. The van der Waals surface area contributed by atoms with Crippen LogP contribution >= 0.6 is 11.8 Å². The molecular weight excluding hydrogens is 178 g/mol. The number of carboxylic acid groups (broad SMARTS) is 1. The van der Waals surface area contributed by atoms with Crippen molar-refractivity contribution >= 4 is 17.7 Å². The lowest BCUT2D eigenvalue weighted by atomic mass is 10.1. The fourth-order valence-electron chi connectivity index (χ4n) is 0.955. The van der Waals surface area contributed by atoms with Crippen LogP contribution in [-0.4, -0.2) is 34.1 Å². The van der Waals surface area contributed by atoms with Crippen molar-refractivity contribution in [2.45, 2.75) is 18.6 Å². The summed E-state index contributed by atoms with van der Waals surface area (Å²) in [5, 5.41) is 17.9. The van der Waals surface area contributed by atoms with Gasteiger partial charge in [-0.25, -0.2) is 0 Å². The Morgan fingerprint density at radius 2 is 2.42 bits per heavy atom. The summed E-state index contributed by atoms with van der Waals surface area (Å²) in [6.45, 7) is 0. The third-order valence-electron chi connectivity index (χ3n) is 1.65. The van der Waals surface area contributed by atoms with Crippen LogP contribution in [0.1, 0.15) is 6.42 Å². The average Bonchev–Trinajstić information content (AvgIpc) is 2.53. The second-order valence-electron chi connectivity index (χ2n) is 2.55. The van der Waals surface area contributed by atoms with Crippen LogP contribution in [0.3, 0.4) is 0 Å². The van der Waals surface area contributed by atoms with Gasteiger partial charge in [-0.3, -0.25) is 4.79 Å². The lowest BCUT2D eigenvalue weighted by molar-refractivity contribution is -0.140. The second-order valence-corrected chi connectivity index (χ2v) is 3.72. The van der Waals surface area contributed by atoms with Crippen molar-refractivity contribution in [3.63, 3.8) is 0 Å². The van der Waals surface area contributed by atoms with E-state index in [4.69, 9.17) is 10.8 Å². The molecule has 0 fully saturated rings. The molecule has 1 aliphatic heterocycles. The summed E-state index contributed by atoms with van der Waals surface area (Å²) < 4.78 is 0. The first kappa shape index (κ1) is 9.57. The van der Waals surface area contributed by atoms with Crippen molar-refractivity contribution in [2.75, 3.05) is 5.75 Å². The van der Waals surface area contributed by atoms with E-state index in [-0.39, 0.29) is 0 Å². The minimum absolute atomic E-state index is 0.685. The summed E-state index contributed by atoms with van der Waals surface area (Å²) in [5.41, 5.74) is 5.24. The van der Waals surface area contributed by atoms with Gasteiger partial charge in [0.15, 0.2) is 0 Å². The lowest BCUT2D eigenvalue weighted by Gasteiger charge is -2.14. The molecule has 1 heterocycles. The Morgan fingerprint density at radius 1 is 1.75 bits per heavy atom. The first-order valence-electron chi connectivity index (χ1n) is 3.62. The number of carboxylic acids is 1. The standard InChI is InChI=1S/C7H11NO3S/c8-5(7(10)11)6(9)4-2-1-3-12-4/h2,5-6,9H,1,3,8H2,(H,10,11). The maximum absolute atomic E-state index is 10.4. The first-order valence-corrected chi connectivity index (χ1v) is 4.61. The normalized spacial score (nSPS) is 21.7.